The Morgan fingerprint density at radius 2 is 2.00 bits per heavy atom. The molecule has 0 spiro atoms. The van der Waals surface area contributed by atoms with E-state index >= 15 is 0 Å². The molecule has 1 N–H and O–H groups in total. The molecule has 0 fully saturated rings. The number of rotatable bonds is 7. The number of halogens is 3. The van der Waals surface area contributed by atoms with Gasteiger partial charge in [-0.3, -0.25) is 9.36 Å². The Morgan fingerprint density at radius 1 is 1.31 bits per heavy atom. The monoisotopic (exact) mass is 486 g/mol. The first-order chi connectivity index (χ1) is 13.8. The van der Waals surface area contributed by atoms with Crippen molar-refractivity contribution in [3.05, 3.63) is 40.3 Å². The molecule has 3 aromatic rings. The highest BCUT2D eigenvalue weighted by molar-refractivity contribution is 9.10. The van der Waals surface area contributed by atoms with Gasteiger partial charge in [-0.05, 0) is 24.6 Å². The van der Waals surface area contributed by atoms with Crippen LogP contribution in [0.2, 0.25) is 0 Å². The zero-order valence-electron chi connectivity index (χ0n) is 15.7. The van der Waals surface area contributed by atoms with Crippen molar-refractivity contribution in [2.45, 2.75) is 19.9 Å². The summed E-state index contributed by atoms with van der Waals surface area (Å²) in [5.74, 6) is 0.844. The van der Waals surface area contributed by atoms with Gasteiger partial charge in [0, 0.05) is 16.9 Å². The smallest absolute Gasteiger partial charge is 0.320 e. The molecule has 0 aliphatic carbocycles. The van der Waals surface area contributed by atoms with Crippen LogP contribution in [0, 0.1) is 6.92 Å². The minimum absolute atomic E-state index is 0.0561. The predicted octanol–water partition coefficient (Wildman–Crippen LogP) is 4.67. The molecule has 0 saturated heterocycles. The second-order valence-electron chi connectivity index (χ2n) is 5.89. The summed E-state index contributed by atoms with van der Waals surface area (Å²) >= 11 is 4.51. The number of ether oxygens (including phenoxy) is 2. The number of alkyl halides is 2. The van der Waals surface area contributed by atoms with Crippen LogP contribution in [0.25, 0.3) is 10.7 Å². The summed E-state index contributed by atoms with van der Waals surface area (Å²) in [6, 6.07) is 3.43. The van der Waals surface area contributed by atoms with E-state index in [-0.39, 0.29) is 18.2 Å². The third-order valence-electron chi connectivity index (χ3n) is 4.03. The molecular weight excluding hydrogens is 470 g/mol. The normalized spacial score (nSPS) is 11.0. The van der Waals surface area contributed by atoms with Gasteiger partial charge in [0.25, 0.3) is 0 Å². The van der Waals surface area contributed by atoms with Crippen LogP contribution in [-0.2, 0) is 11.2 Å². The van der Waals surface area contributed by atoms with Gasteiger partial charge in [-0.15, -0.1) is 0 Å². The lowest BCUT2D eigenvalue weighted by atomic mass is 10.1. The van der Waals surface area contributed by atoms with Crippen LogP contribution in [0.4, 0.5) is 13.9 Å². The molecule has 1 amide bonds. The molecule has 29 heavy (non-hydrogen) atoms. The lowest BCUT2D eigenvalue weighted by Gasteiger charge is -2.11. The second kappa shape index (κ2) is 8.87. The Balaban J connectivity index is 1.78. The molecular formula is C18H17BrF2N4O3S. The number of hydrogen-bond acceptors (Lipinski definition) is 6. The summed E-state index contributed by atoms with van der Waals surface area (Å²) in [6.07, 6.45) is 2.56. The lowest BCUT2D eigenvalue weighted by Crippen LogP contribution is -2.14. The Bertz CT molecular complexity index is 1040. The third-order valence-corrected chi connectivity index (χ3v) is 5.84. The predicted molar refractivity (Wildman–Crippen MR) is 109 cm³/mol. The van der Waals surface area contributed by atoms with Gasteiger partial charge in [-0.2, -0.15) is 8.78 Å². The van der Waals surface area contributed by atoms with Gasteiger partial charge in [0.15, 0.2) is 22.5 Å². The summed E-state index contributed by atoms with van der Waals surface area (Å²) in [6.45, 7) is -1.04. The molecule has 0 radical (unpaired) electrons. The molecule has 0 saturated carbocycles. The van der Waals surface area contributed by atoms with E-state index < -0.39 is 6.55 Å². The van der Waals surface area contributed by atoms with Gasteiger partial charge >= 0.3 is 6.55 Å². The molecule has 1 aromatic carbocycles. The molecule has 3 rings (SSSR count). The Kier molecular flexibility index (Phi) is 6.48. The highest BCUT2D eigenvalue weighted by atomic mass is 79.9. The van der Waals surface area contributed by atoms with E-state index in [0.717, 1.165) is 15.9 Å². The van der Waals surface area contributed by atoms with Crippen molar-refractivity contribution in [2.24, 2.45) is 0 Å². The molecule has 2 heterocycles. The third kappa shape index (κ3) is 4.56. The van der Waals surface area contributed by atoms with Gasteiger partial charge < -0.3 is 14.8 Å². The molecule has 0 unspecified atom stereocenters. The Morgan fingerprint density at radius 3 is 2.66 bits per heavy atom. The van der Waals surface area contributed by atoms with Gasteiger partial charge in [0.05, 0.1) is 31.2 Å². The zero-order valence-corrected chi connectivity index (χ0v) is 18.1. The van der Waals surface area contributed by atoms with E-state index in [2.05, 4.69) is 31.2 Å². The number of aryl methyl sites for hydroxylation is 1. The second-order valence-corrected chi connectivity index (χ2v) is 7.75. The van der Waals surface area contributed by atoms with Crippen molar-refractivity contribution in [1.82, 2.24) is 14.5 Å². The van der Waals surface area contributed by atoms with Crippen LogP contribution in [0.3, 0.4) is 0 Å². The number of hydrogen-bond donors (Lipinski definition) is 1. The van der Waals surface area contributed by atoms with E-state index in [9.17, 15) is 13.6 Å². The lowest BCUT2D eigenvalue weighted by molar-refractivity contribution is -0.115. The summed E-state index contributed by atoms with van der Waals surface area (Å²) in [7, 11) is 3.04. The van der Waals surface area contributed by atoms with Crippen molar-refractivity contribution in [1.29, 1.82) is 0 Å². The maximum absolute atomic E-state index is 13.1. The molecule has 7 nitrogen and oxygen atoms in total. The maximum atomic E-state index is 13.1. The fourth-order valence-electron chi connectivity index (χ4n) is 2.67. The largest absolute Gasteiger partial charge is 0.493 e. The number of thiazole rings is 1. The standard InChI is InChI=1S/C18H17BrF2N4O3S/c1-9-15(16-22-4-5-25(16)17(20)21)29-18(23-9)24-14(26)7-10-6-12(27-2)13(28-3)8-11(10)19/h4-6,8,17H,7H2,1-3H3,(H,23,24,26). The molecule has 0 bridgehead atoms. The van der Waals surface area contributed by atoms with Crippen LogP contribution in [-0.4, -0.2) is 34.7 Å². The van der Waals surface area contributed by atoms with Crippen LogP contribution in [0.1, 0.15) is 17.8 Å². The number of carbonyl (C=O) groups excluding carboxylic acids is 1. The first-order valence-corrected chi connectivity index (χ1v) is 9.94. The average Bonchev–Trinajstić information content (AvgIpc) is 3.29. The number of nitrogens with zero attached hydrogens (tertiary/aromatic N) is 3. The van der Waals surface area contributed by atoms with Crippen molar-refractivity contribution in [3.63, 3.8) is 0 Å². The van der Waals surface area contributed by atoms with Crippen molar-refractivity contribution in [3.8, 4) is 22.2 Å². The van der Waals surface area contributed by atoms with Crippen molar-refractivity contribution < 1.29 is 23.0 Å². The van der Waals surface area contributed by atoms with Crippen molar-refractivity contribution >= 4 is 38.3 Å². The fraction of sp³-hybridized carbons (Fsp3) is 0.278. The molecule has 0 aliphatic heterocycles. The summed E-state index contributed by atoms with van der Waals surface area (Å²) < 4.78 is 38.2. The van der Waals surface area contributed by atoms with Crippen LogP contribution in [0.5, 0.6) is 11.5 Å². The van der Waals surface area contributed by atoms with E-state index in [0.29, 0.717) is 37.2 Å². The number of carbonyl (C=O) groups is 1. The number of nitrogens with one attached hydrogen (secondary N) is 1. The first-order valence-electron chi connectivity index (χ1n) is 8.33. The topological polar surface area (TPSA) is 78.3 Å². The number of methoxy groups -OCH3 is 2. The highest BCUT2D eigenvalue weighted by Gasteiger charge is 2.20. The Hall–Kier alpha value is -2.53. The SMILES string of the molecule is COc1cc(Br)c(CC(=O)Nc2nc(C)c(-c3nccn3C(F)F)s2)cc1OC. The molecule has 11 heteroatoms. The van der Waals surface area contributed by atoms with Gasteiger partial charge in [-0.25, -0.2) is 9.97 Å². The van der Waals surface area contributed by atoms with Gasteiger partial charge in [0.2, 0.25) is 5.91 Å². The van der Waals surface area contributed by atoms with E-state index in [1.54, 1.807) is 19.1 Å². The minimum atomic E-state index is -2.71. The summed E-state index contributed by atoms with van der Waals surface area (Å²) in [5.41, 5.74) is 1.20. The van der Waals surface area contributed by atoms with E-state index in [1.165, 1.54) is 26.6 Å². The average molecular weight is 487 g/mol. The maximum Gasteiger partial charge on any atom is 0.320 e. The van der Waals surface area contributed by atoms with Crippen molar-refractivity contribution in [2.75, 3.05) is 19.5 Å². The van der Waals surface area contributed by atoms with Gasteiger partial charge in [-0.1, -0.05) is 27.3 Å². The molecule has 0 atom stereocenters. The van der Waals surface area contributed by atoms with E-state index in [1.807, 2.05) is 0 Å². The zero-order chi connectivity index (χ0) is 21.1. The van der Waals surface area contributed by atoms with Crippen LogP contribution >= 0.6 is 27.3 Å². The Labute approximate surface area is 177 Å². The highest BCUT2D eigenvalue weighted by Crippen LogP contribution is 2.35. The first kappa shape index (κ1) is 21.2. The quantitative estimate of drug-likeness (QED) is 0.524. The fourth-order valence-corrected chi connectivity index (χ4v) is 4.12. The van der Waals surface area contributed by atoms with E-state index in [4.69, 9.17) is 9.47 Å². The van der Waals surface area contributed by atoms with Crippen LogP contribution < -0.4 is 14.8 Å². The summed E-state index contributed by atoms with van der Waals surface area (Å²) in [4.78, 5) is 21.2. The minimum Gasteiger partial charge on any atom is -0.493 e. The number of benzene rings is 1. The molecule has 0 aliphatic rings. The molecule has 2 aromatic heterocycles. The summed E-state index contributed by atoms with van der Waals surface area (Å²) in [5, 5.41) is 3.01. The number of amides is 1. The van der Waals surface area contributed by atoms with Gasteiger partial charge in [0.1, 0.15) is 0 Å². The van der Waals surface area contributed by atoms with Crippen LogP contribution in [0.15, 0.2) is 29.0 Å². The number of anilines is 1. The molecule has 154 valence electrons. The number of imidazole rings is 1. The number of aromatic nitrogens is 3.